The van der Waals surface area contributed by atoms with Crippen LogP contribution in [0, 0.1) is 11.8 Å². The fourth-order valence-electron chi connectivity index (χ4n) is 4.96. The Balaban J connectivity index is 1.77. The van der Waals surface area contributed by atoms with Crippen LogP contribution in [0.1, 0.15) is 49.7 Å². The molecule has 2 aliphatic heterocycles. The summed E-state index contributed by atoms with van der Waals surface area (Å²) in [6.45, 7) is 9.20. The summed E-state index contributed by atoms with van der Waals surface area (Å²) in [5.74, 6) is 0.737. The third-order valence-corrected chi connectivity index (χ3v) is 6.16. The summed E-state index contributed by atoms with van der Waals surface area (Å²) in [5, 5.41) is 7.10. The molecule has 152 valence electrons. The van der Waals surface area contributed by atoms with Gasteiger partial charge in [0.1, 0.15) is 0 Å². The molecule has 1 amide bonds. The summed E-state index contributed by atoms with van der Waals surface area (Å²) < 4.78 is 0. The maximum absolute atomic E-state index is 13.6. The zero-order valence-corrected chi connectivity index (χ0v) is 17.7. The van der Waals surface area contributed by atoms with Crippen molar-refractivity contribution in [1.82, 2.24) is 15.5 Å². The third-order valence-electron chi connectivity index (χ3n) is 6.16. The van der Waals surface area contributed by atoms with E-state index in [4.69, 9.17) is 0 Å². The Labute approximate surface area is 174 Å². The number of carbonyl (C=O) groups excluding carboxylic acids is 1. The molecular formula is C25H31N3O. The molecule has 2 N–H and O–H groups in total. The molecule has 3 atom stereocenters. The minimum atomic E-state index is 0.0593. The predicted octanol–water partition coefficient (Wildman–Crippen LogP) is 4.32. The van der Waals surface area contributed by atoms with Crippen LogP contribution in [0.15, 0.2) is 72.1 Å². The van der Waals surface area contributed by atoms with Crippen LogP contribution in [-0.2, 0) is 0 Å². The van der Waals surface area contributed by atoms with Crippen LogP contribution in [0.3, 0.4) is 0 Å². The van der Waals surface area contributed by atoms with Crippen molar-refractivity contribution in [3.05, 3.63) is 83.2 Å². The van der Waals surface area contributed by atoms with Gasteiger partial charge in [-0.2, -0.15) is 0 Å². The Morgan fingerprint density at radius 2 is 1.79 bits per heavy atom. The van der Waals surface area contributed by atoms with Gasteiger partial charge in [-0.05, 0) is 57.2 Å². The van der Waals surface area contributed by atoms with E-state index in [1.54, 1.807) is 0 Å². The van der Waals surface area contributed by atoms with Crippen LogP contribution in [-0.4, -0.2) is 29.4 Å². The Bertz CT molecular complexity index is 898. The Morgan fingerprint density at radius 1 is 1.07 bits per heavy atom. The van der Waals surface area contributed by atoms with Gasteiger partial charge in [0, 0.05) is 41.7 Å². The van der Waals surface area contributed by atoms with E-state index in [1.165, 1.54) is 11.3 Å². The number of rotatable bonds is 4. The van der Waals surface area contributed by atoms with Crippen LogP contribution in [0.2, 0.25) is 0 Å². The minimum absolute atomic E-state index is 0.0593. The van der Waals surface area contributed by atoms with E-state index in [0.29, 0.717) is 5.92 Å². The summed E-state index contributed by atoms with van der Waals surface area (Å²) >= 11 is 0. The molecule has 0 fully saturated rings. The highest BCUT2D eigenvalue weighted by atomic mass is 16.2. The van der Waals surface area contributed by atoms with E-state index in [9.17, 15) is 4.79 Å². The van der Waals surface area contributed by atoms with Gasteiger partial charge in [0.15, 0.2) is 0 Å². The fourth-order valence-corrected chi connectivity index (χ4v) is 4.96. The molecule has 4 heteroatoms. The molecule has 0 spiro atoms. The van der Waals surface area contributed by atoms with Crippen LogP contribution >= 0.6 is 0 Å². The van der Waals surface area contributed by atoms with E-state index in [1.807, 2.05) is 29.3 Å². The third kappa shape index (κ3) is 3.52. The monoisotopic (exact) mass is 389 g/mol. The maximum Gasteiger partial charge on any atom is 0.254 e. The van der Waals surface area contributed by atoms with Crippen LogP contribution in [0.5, 0.6) is 0 Å². The predicted molar refractivity (Wildman–Crippen MR) is 118 cm³/mol. The molecule has 0 saturated heterocycles. The summed E-state index contributed by atoms with van der Waals surface area (Å²) in [4.78, 5) is 15.5. The van der Waals surface area contributed by atoms with Gasteiger partial charge in [0.2, 0.25) is 0 Å². The van der Waals surface area contributed by atoms with Crippen molar-refractivity contribution in [2.45, 2.75) is 45.8 Å². The number of allylic oxidation sites excluding steroid dienone is 4. The zero-order chi connectivity index (χ0) is 20.5. The van der Waals surface area contributed by atoms with E-state index < -0.39 is 0 Å². The average molecular weight is 390 g/mol. The smallest absolute Gasteiger partial charge is 0.254 e. The van der Waals surface area contributed by atoms with Crippen LogP contribution in [0.25, 0.3) is 0 Å². The number of dihydropyridines is 1. The van der Waals surface area contributed by atoms with Crippen molar-refractivity contribution in [2.24, 2.45) is 11.8 Å². The van der Waals surface area contributed by atoms with Crippen LogP contribution < -0.4 is 10.6 Å². The lowest BCUT2D eigenvalue weighted by molar-refractivity contribution is 0.0641. The highest BCUT2D eigenvalue weighted by molar-refractivity contribution is 5.96. The van der Waals surface area contributed by atoms with Gasteiger partial charge in [-0.15, -0.1) is 0 Å². The second-order valence-electron chi connectivity index (χ2n) is 8.64. The largest absolute Gasteiger partial charge is 0.387 e. The molecule has 3 aliphatic rings. The second kappa shape index (κ2) is 7.94. The molecule has 1 aromatic carbocycles. The molecular weight excluding hydrogens is 358 g/mol. The maximum atomic E-state index is 13.6. The number of carbonyl (C=O) groups is 1. The Morgan fingerprint density at radius 3 is 2.55 bits per heavy atom. The molecule has 0 bridgehead atoms. The molecule has 1 aliphatic carbocycles. The summed E-state index contributed by atoms with van der Waals surface area (Å²) in [6.07, 6.45) is 13.0. The standard InChI is InChI=1S/C25H31N3O/c1-16(2)28(17(3)4)25(29)21-12-8-7-11-20(21)24-19-10-6-5-9-18(19)22-15-26-14-13-23(22)27-24/h5-14,16-19,24,26-27H,15H2,1-4H3. The first-order valence-electron chi connectivity index (χ1n) is 10.6. The van der Waals surface area contributed by atoms with Gasteiger partial charge in [-0.3, -0.25) is 4.79 Å². The average Bonchev–Trinajstić information content (AvgIpc) is 2.72. The lowest BCUT2D eigenvalue weighted by Gasteiger charge is -2.42. The van der Waals surface area contributed by atoms with Gasteiger partial charge in [-0.25, -0.2) is 0 Å². The van der Waals surface area contributed by atoms with E-state index in [-0.39, 0.29) is 30.0 Å². The topological polar surface area (TPSA) is 44.4 Å². The fraction of sp³-hybridized carbons (Fsp3) is 0.400. The van der Waals surface area contributed by atoms with Gasteiger partial charge < -0.3 is 15.5 Å². The van der Waals surface area contributed by atoms with Crippen molar-refractivity contribution in [3.8, 4) is 0 Å². The van der Waals surface area contributed by atoms with E-state index >= 15 is 0 Å². The number of hydrogen-bond acceptors (Lipinski definition) is 3. The van der Waals surface area contributed by atoms with Crippen LogP contribution in [0.4, 0.5) is 0 Å². The van der Waals surface area contributed by atoms with Gasteiger partial charge >= 0.3 is 0 Å². The van der Waals surface area contributed by atoms with E-state index in [0.717, 1.165) is 17.7 Å². The number of amides is 1. The van der Waals surface area contributed by atoms with Crippen molar-refractivity contribution >= 4 is 5.91 Å². The molecule has 0 radical (unpaired) electrons. The number of fused-ring (bicyclic) bond motifs is 2. The molecule has 2 heterocycles. The number of nitrogens with one attached hydrogen (secondary N) is 2. The second-order valence-corrected chi connectivity index (χ2v) is 8.64. The molecule has 4 nitrogen and oxygen atoms in total. The van der Waals surface area contributed by atoms with E-state index in [2.05, 4.69) is 74.8 Å². The molecule has 29 heavy (non-hydrogen) atoms. The number of hydrogen-bond donors (Lipinski definition) is 2. The lowest BCUT2D eigenvalue weighted by Crippen LogP contribution is -2.44. The highest BCUT2D eigenvalue weighted by Gasteiger charge is 2.38. The van der Waals surface area contributed by atoms with Gasteiger partial charge in [-0.1, -0.05) is 42.5 Å². The molecule has 3 unspecified atom stereocenters. The Kier molecular flexibility index (Phi) is 5.35. The van der Waals surface area contributed by atoms with Gasteiger partial charge in [0.25, 0.3) is 5.91 Å². The number of benzene rings is 1. The van der Waals surface area contributed by atoms with Crippen molar-refractivity contribution in [2.75, 3.05) is 6.54 Å². The van der Waals surface area contributed by atoms with Crippen molar-refractivity contribution in [3.63, 3.8) is 0 Å². The SMILES string of the molecule is CC(C)N(C(=O)c1ccccc1C1NC2=C(CNC=C2)C2C=CC=CC21)C(C)C. The van der Waals surface area contributed by atoms with Crippen molar-refractivity contribution in [1.29, 1.82) is 0 Å². The van der Waals surface area contributed by atoms with Gasteiger partial charge in [0.05, 0.1) is 6.04 Å². The Hall–Kier alpha value is -2.75. The first kappa shape index (κ1) is 19.6. The molecule has 0 saturated carbocycles. The quantitative estimate of drug-likeness (QED) is 0.806. The highest BCUT2D eigenvalue weighted by Crippen LogP contribution is 2.43. The first-order chi connectivity index (χ1) is 14.0. The molecule has 4 rings (SSSR count). The summed E-state index contributed by atoms with van der Waals surface area (Å²) in [6, 6.07) is 8.48. The molecule has 0 aromatic heterocycles. The van der Waals surface area contributed by atoms with Crippen molar-refractivity contribution < 1.29 is 4.79 Å². The zero-order valence-electron chi connectivity index (χ0n) is 17.7. The minimum Gasteiger partial charge on any atom is -0.387 e. The lowest BCUT2D eigenvalue weighted by atomic mass is 9.72. The molecule has 1 aromatic rings. The summed E-state index contributed by atoms with van der Waals surface area (Å²) in [5.41, 5.74) is 4.46. The normalized spacial score (nSPS) is 24.8. The number of nitrogens with zero attached hydrogens (tertiary/aromatic N) is 1. The first-order valence-corrected chi connectivity index (χ1v) is 10.6. The summed E-state index contributed by atoms with van der Waals surface area (Å²) in [7, 11) is 0.